The molecule has 0 bridgehead atoms. The summed E-state index contributed by atoms with van der Waals surface area (Å²) in [7, 11) is 0. The second-order valence-electron chi connectivity index (χ2n) is 6.02. The smallest absolute Gasteiger partial charge is 0.254 e. The summed E-state index contributed by atoms with van der Waals surface area (Å²) in [6, 6.07) is 9.76. The largest absolute Gasteiger partial charge is 0.382 e. The lowest BCUT2D eigenvalue weighted by Gasteiger charge is -2.19. The topological polar surface area (TPSA) is 102 Å². The van der Waals surface area contributed by atoms with Crippen LogP contribution in [-0.4, -0.2) is 21.5 Å². The average Bonchev–Trinajstić information content (AvgIpc) is 2.53. The van der Waals surface area contributed by atoms with Gasteiger partial charge in [-0.1, -0.05) is 44.2 Å². The number of aliphatic hydroxyl groups is 1. The Morgan fingerprint density at radius 3 is 2.38 bits per heavy atom. The molecular formula is C18H20N2O4. The number of benzene rings is 1. The fourth-order valence-corrected chi connectivity index (χ4v) is 2.41. The number of rotatable bonds is 5. The van der Waals surface area contributed by atoms with Crippen LogP contribution in [0.25, 0.3) is 0 Å². The van der Waals surface area contributed by atoms with E-state index in [-0.39, 0.29) is 29.5 Å². The van der Waals surface area contributed by atoms with Crippen LogP contribution >= 0.6 is 0 Å². The number of amides is 1. The van der Waals surface area contributed by atoms with E-state index in [0.717, 1.165) is 16.8 Å². The first-order chi connectivity index (χ1) is 11.3. The van der Waals surface area contributed by atoms with Crippen LogP contribution in [0.4, 0.5) is 0 Å². The maximum Gasteiger partial charge on any atom is 0.254 e. The molecule has 1 atom stereocenters. The molecule has 0 aliphatic rings. The van der Waals surface area contributed by atoms with Crippen LogP contribution in [-0.2, 0) is 0 Å². The second kappa shape index (κ2) is 7.23. The lowest BCUT2D eigenvalue weighted by molar-refractivity contribution is 0.0869. The lowest BCUT2D eigenvalue weighted by atomic mass is 10.0. The van der Waals surface area contributed by atoms with Crippen molar-refractivity contribution in [2.24, 2.45) is 11.7 Å². The molecule has 3 N–H and O–H groups in total. The summed E-state index contributed by atoms with van der Waals surface area (Å²) in [5.41, 5.74) is 4.94. The molecule has 0 spiro atoms. The van der Waals surface area contributed by atoms with Gasteiger partial charge in [-0.05, 0) is 11.5 Å². The predicted octanol–water partition coefficient (Wildman–Crippen LogP) is 1.72. The van der Waals surface area contributed by atoms with Gasteiger partial charge in [0.25, 0.3) is 5.91 Å². The molecule has 1 aromatic heterocycles. The molecule has 1 unspecified atom stereocenters. The van der Waals surface area contributed by atoms with Crippen molar-refractivity contribution in [2.45, 2.75) is 26.4 Å². The van der Waals surface area contributed by atoms with Gasteiger partial charge < -0.3 is 10.8 Å². The fraction of sp³-hybridized carbons (Fsp3) is 0.278. The van der Waals surface area contributed by atoms with Gasteiger partial charge in [-0.15, -0.1) is 0 Å². The van der Waals surface area contributed by atoms with Crippen LogP contribution in [0.2, 0.25) is 0 Å². The van der Waals surface area contributed by atoms with Crippen LogP contribution < -0.4 is 11.2 Å². The zero-order chi connectivity index (χ0) is 17.9. The van der Waals surface area contributed by atoms with Crippen molar-refractivity contribution in [3.05, 3.63) is 69.6 Å². The van der Waals surface area contributed by atoms with E-state index in [4.69, 9.17) is 5.73 Å². The zero-order valence-corrected chi connectivity index (χ0v) is 13.6. The summed E-state index contributed by atoms with van der Waals surface area (Å²) >= 11 is 0. The van der Waals surface area contributed by atoms with Gasteiger partial charge in [-0.3, -0.25) is 19.0 Å². The fourth-order valence-electron chi connectivity index (χ4n) is 2.41. The summed E-state index contributed by atoms with van der Waals surface area (Å²) in [6.07, 6.45) is 0.156. The van der Waals surface area contributed by atoms with E-state index >= 15 is 0 Å². The van der Waals surface area contributed by atoms with E-state index in [0.29, 0.717) is 5.56 Å². The highest BCUT2D eigenvalue weighted by Gasteiger charge is 2.21. The zero-order valence-electron chi connectivity index (χ0n) is 13.6. The third-order valence-corrected chi connectivity index (χ3v) is 3.59. The van der Waals surface area contributed by atoms with E-state index in [9.17, 15) is 19.5 Å². The third-order valence-electron chi connectivity index (χ3n) is 3.59. The van der Waals surface area contributed by atoms with Crippen LogP contribution in [0.1, 0.15) is 52.8 Å². The quantitative estimate of drug-likeness (QED) is 0.872. The van der Waals surface area contributed by atoms with Gasteiger partial charge in [0.2, 0.25) is 5.91 Å². The van der Waals surface area contributed by atoms with E-state index in [1.165, 1.54) is 0 Å². The highest BCUT2D eigenvalue weighted by molar-refractivity contribution is 5.93. The summed E-state index contributed by atoms with van der Waals surface area (Å²) in [4.78, 5) is 36.0. The van der Waals surface area contributed by atoms with Gasteiger partial charge in [0.15, 0.2) is 5.43 Å². The number of aliphatic hydroxyl groups excluding tert-OH is 1. The second-order valence-corrected chi connectivity index (χ2v) is 6.02. The molecule has 0 saturated carbocycles. The first kappa shape index (κ1) is 17.6. The van der Waals surface area contributed by atoms with E-state index in [2.05, 4.69) is 0 Å². The molecule has 0 fully saturated rings. The minimum Gasteiger partial charge on any atom is -0.382 e. The Morgan fingerprint density at radius 1 is 1.21 bits per heavy atom. The van der Waals surface area contributed by atoms with Crippen molar-refractivity contribution in [1.82, 2.24) is 4.57 Å². The molecule has 126 valence electrons. The van der Waals surface area contributed by atoms with Crippen molar-refractivity contribution in [3.63, 3.8) is 0 Å². The molecule has 1 amide bonds. The Labute approximate surface area is 139 Å². The van der Waals surface area contributed by atoms with Crippen LogP contribution in [0.3, 0.4) is 0 Å². The molecule has 1 heterocycles. The first-order valence-electron chi connectivity index (χ1n) is 7.64. The Kier molecular flexibility index (Phi) is 5.31. The molecule has 0 aliphatic carbocycles. The standard InChI is InChI=1S/C18H20N2O4/c1-11(2)8-16(22)20-10-13(18(19)24)15(21)9-14(20)17(23)12-6-4-3-5-7-12/h3-7,9-11,17,23H,8H2,1-2H3,(H2,19,24). The average molecular weight is 328 g/mol. The van der Waals surface area contributed by atoms with Crippen molar-refractivity contribution < 1.29 is 14.7 Å². The number of carbonyl (C=O) groups is 2. The van der Waals surface area contributed by atoms with Crippen molar-refractivity contribution in [2.75, 3.05) is 0 Å². The lowest BCUT2D eigenvalue weighted by Crippen LogP contribution is -2.28. The third kappa shape index (κ3) is 3.78. The molecule has 0 radical (unpaired) electrons. The first-order valence-corrected chi connectivity index (χ1v) is 7.64. The minimum absolute atomic E-state index is 0.0793. The van der Waals surface area contributed by atoms with Crippen LogP contribution in [0, 0.1) is 5.92 Å². The van der Waals surface area contributed by atoms with Crippen molar-refractivity contribution >= 4 is 11.8 Å². The molecule has 0 aliphatic heterocycles. The van der Waals surface area contributed by atoms with Gasteiger partial charge in [0, 0.05) is 18.7 Å². The maximum atomic E-state index is 12.5. The maximum absolute atomic E-state index is 12.5. The van der Waals surface area contributed by atoms with Gasteiger partial charge >= 0.3 is 0 Å². The monoisotopic (exact) mass is 328 g/mol. The van der Waals surface area contributed by atoms with E-state index in [1.54, 1.807) is 30.3 Å². The highest BCUT2D eigenvalue weighted by Crippen LogP contribution is 2.22. The Balaban J connectivity index is 2.60. The number of pyridine rings is 1. The highest BCUT2D eigenvalue weighted by atomic mass is 16.3. The Bertz CT molecular complexity index is 810. The summed E-state index contributed by atoms with van der Waals surface area (Å²) in [6.45, 7) is 3.76. The molecule has 24 heavy (non-hydrogen) atoms. The van der Waals surface area contributed by atoms with Gasteiger partial charge in [-0.25, -0.2) is 0 Å². The molecule has 6 nitrogen and oxygen atoms in total. The van der Waals surface area contributed by atoms with Crippen molar-refractivity contribution in [3.8, 4) is 0 Å². The molecule has 2 rings (SSSR count). The number of aromatic nitrogens is 1. The predicted molar refractivity (Wildman–Crippen MR) is 89.8 cm³/mol. The number of primary amides is 1. The van der Waals surface area contributed by atoms with Gasteiger partial charge in [0.1, 0.15) is 11.7 Å². The molecule has 2 aromatic rings. The number of hydrogen-bond donors (Lipinski definition) is 2. The van der Waals surface area contributed by atoms with Crippen LogP contribution in [0.15, 0.2) is 47.4 Å². The van der Waals surface area contributed by atoms with E-state index in [1.807, 2.05) is 13.8 Å². The van der Waals surface area contributed by atoms with Gasteiger partial charge in [-0.2, -0.15) is 0 Å². The van der Waals surface area contributed by atoms with E-state index < -0.39 is 17.4 Å². The summed E-state index contributed by atoms with van der Waals surface area (Å²) in [5.74, 6) is -1.15. The molecule has 6 heteroatoms. The number of nitrogens with two attached hydrogens (primary N) is 1. The molecule has 0 saturated heterocycles. The molecule has 1 aromatic carbocycles. The number of nitrogens with zero attached hydrogens (tertiary/aromatic N) is 1. The normalized spacial score (nSPS) is 12.2. The Morgan fingerprint density at radius 2 is 1.83 bits per heavy atom. The summed E-state index contributed by atoms with van der Waals surface area (Å²) < 4.78 is 1.15. The van der Waals surface area contributed by atoms with Crippen LogP contribution in [0.5, 0.6) is 0 Å². The Hall–Kier alpha value is -2.73. The number of carbonyl (C=O) groups excluding carboxylic acids is 2. The number of hydrogen-bond acceptors (Lipinski definition) is 4. The SMILES string of the molecule is CC(C)CC(=O)n1cc(C(N)=O)c(=O)cc1C(O)c1ccccc1. The minimum atomic E-state index is -1.17. The molecular weight excluding hydrogens is 308 g/mol. The summed E-state index contributed by atoms with van der Waals surface area (Å²) in [5, 5.41) is 10.6. The van der Waals surface area contributed by atoms with Gasteiger partial charge in [0.05, 0.1) is 5.69 Å². The van der Waals surface area contributed by atoms with Crippen molar-refractivity contribution in [1.29, 1.82) is 0 Å².